The van der Waals surface area contributed by atoms with Crippen molar-refractivity contribution in [3.8, 4) is 0 Å². The molecule has 1 heterocycles. The van der Waals surface area contributed by atoms with Gasteiger partial charge >= 0.3 is 0 Å². The first kappa shape index (κ1) is 7.35. The van der Waals surface area contributed by atoms with Crippen molar-refractivity contribution in [2.45, 2.75) is 13.5 Å². The summed E-state index contributed by atoms with van der Waals surface area (Å²) in [5.41, 5.74) is 1.27. The van der Waals surface area contributed by atoms with Gasteiger partial charge in [0, 0.05) is 12.1 Å². The molecule has 0 amide bonds. The lowest BCUT2D eigenvalue weighted by molar-refractivity contribution is 0.396. The van der Waals surface area contributed by atoms with Gasteiger partial charge in [0.05, 0.1) is 6.26 Å². The van der Waals surface area contributed by atoms with E-state index in [-0.39, 0.29) is 0 Å². The van der Waals surface area contributed by atoms with Crippen LogP contribution >= 0.6 is 0 Å². The number of rotatable bonds is 2. The Morgan fingerprint density at radius 3 is 2.60 bits per heavy atom. The Morgan fingerprint density at radius 2 is 2.20 bits per heavy atom. The highest BCUT2D eigenvalue weighted by molar-refractivity contribution is 5.14. The van der Waals surface area contributed by atoms with Crippen molar-refractivity contribution in [1.82, 2.24) is 4.90 Å². The molecule has 0 aromatic carbocycles. The zero-order valence-corrected chi connectivity index (χ0v) is 6.72. The first-order valence-corrected chi connectivity index (χ1v) is 3.38. The van der Waals surface area contributed by atoms with Crippen molar-refractivity contribution in [3.05, 3.63) is 23.7 Å². The minimum atomic E-state index is 0.961. The number of hydrogen-bond donors (Lipinski definition) is 0. The summed E-state index contributed by atoms with van der Waals surface area (Å²) in [7, 11) is 4.10. The maximum Gasteiger partial charge on any atom is 0.105 e. The lowest BCUT2D eigenvalue weighted by Crippen LogP contribution is -2.10. The van der Waals surface area contributed by atoms with Crippen LogP contribution in [0.4, 0.5) is 0 Å². The van der Waals surface area contributed by atoms with Crippen LogP contribution in [-0.4, -0.2) is 19.0 Å². The molecular formula is C8H13NO. The molecule has 0 N–H and O–H groups in total. The Bertz CT molecular complexity index is 203. The summed E-state index contributed by atoms with van der Waals surface area (Å²) in [6.45, 7) is 2.95. The maximum absolute atomic E-state index is 5.14. The molecule has 10 heavy (non-hydrogen) atoms. The average molecular weight is 139 g/mol. The van der Waals surface area contributed by atoms with E-state index in [1.807, 2.05) is 27.1 Å². The summed E-state index contributed by atoms with van der Waals surface area (Å²) in [5, 5.41) is 0. The zero-order chi connectivity index (χ0) is 7.56. The maximum atomic E-state index is 5.14. The van der Waals surface area contributed by atoms with Crippen LogP contribution in [-0.2, 0) is 6.54 Å². The van der Waals surface area contributed by atoms with E-state index >= 15 is 0 Å². The van der Waals surface area contributed by atoms with Gasteiger partial charge in [0.15, 0.2) is 0 Å². The SMILES string of the molecule is Cc1occc1CN(C)C. The average Bonchev–Trinajstić information content (AvgIpc) is 2.15. The fourth-order valence-corrected chi connectivity index (χ4v) is 0.916. The van der Waals surface area contributed by atoms with Gasteiger partial charge in [0.2, 0.25) is 0 Å². The molecule has 0 aliphatic heterocycles. The lowest BCUT2D eigenvalue weighted by Gasteiger charge is -2.06. The van der Waals surface area contributed by atoms with E-state index in [0.29, 0.717) is 0 Å². The summed E-state index contributed by atoms with van der Waals surface area (Å²) < 4.78 is 5.14. The number of aryl methyl sites for hydroxylation is 1. The zero-order valence-electron chi connectivity index (χ0n) is 6.72. The van der Waals surface area contributed by atoms with Gasteiger partial charge in [-0.2, -0.15) is 0 Å². The van der Waals surface area contributed by atoms with Crippen LogP contribution in [0.5, 0.6) is 0 Å². The minimum Gasteiger partial charge on any atom is -0.469 e. The van der Waals surface area contributed by atoms with E-state index in [1.54, 1.807) is 6.26 Å². The summed E-state index contributed by atoms with van der Waals surface area (Å²) in [6.07, 6.45) is 1.73. The lowest BCUT2D eigenvalue weighted by atomic mass is 10.2. The molecule has 0 saturated heterocycles. The van der Waals surface area contributed by atoms with Crippen molar-refractivity contribution < 1.29 is 4.42 Å². The molecule has 0 saturated carbocycles. The Balaban J connectivity index is 2.65. The van der Waals surface area contributed by atoms with Gasteiger partial charge in [-0.25, -0.2) is 0 Å². The summed E-state index contributed by atoms with van der Waals surface area (Å²) in [4.78, 5) is 2.12. The molecule has 56 valence electrons. The van der Waals surface area contributed by atoms with Gasteiger partial charge < -0.3 is 9.32 Å². The highest BCUT2D eigenvalue weighted by atomic mass is 16.3. The van der Waals surface area contributed by atoms with Crippen molar-refractivity contribution in [2.24, 2.45) is 0 Å². The predicted octanol–water partition coefficient (Wildman–Crippen LogP) is 1.65. The molecule has 0 atom stereocenters. The third-order valence-corrected chi connectivity index (χ3v) is 1.45. The van der Waals surface area contributed by atoms with Gasteiger partial charge in [0.1, 0.15) is 5.76 Å². The van der Waals surface area contributed by atoms with E-state index in [1.165, 1.54) is 5.56 Å². The van der Waals surface area contributed by atoms with Gasteiger partial charge in [-0.15, -0.1) is 0 Å². The smallest absolute Gasteiger partial charge is 0.105 e. The highest BCUT2D eigenvalue weighted by Crippen LogP contribution is 2.09. The number of furan rings is 1. The molecule has 0 spiro atoms. The second-order valence-corrected chi connectivity index (χ2v) is 2.74. The van der Waals surface area contributed by atoms with Crippen molar-refractivity contribution in [1.29, 1.82) is 0 Å². The van der Waals surface area contributed by atoms with Crippen LogP contribution in [0.2, 0.25) is 0 Å². The second kappa shape index (κ2) is 2.88. The van der Waals surface area contributed by atoms with Crippen LogP contribution in [0.25, 0.3) is 0 Å². The Kier molecular flexibility index (Phi) is 2.12. The Labute approximate surface area is 61.4 Å². The summed E-state index contributed by atoms with van der Waals surface area (Å²) in [5.74, 6) is 1.02. The molecule has 1 aromatic heterocycles. The molecule has 0 unspecified atom stereocenters. The molecule has 2 heteroatoms. The normalized spacial score (nSPS) is 10.8. The minimum absolute atomic E-state index is 0.961. The number of nitrogens with zero attached hydrogens (tertiary/aromatic N) is 1. The van der Waals surface area contributed by atoms with Gasteiger partial charge in [-0.3, -0.25) is 0 Å². The highest BCUT2D eigenvalue weighted by Gasteiger charge is 2.00. The summed E-state index contributed by atoms with van der Waals surface area (Å²) in [6, 6.07) is 2.01. The molecule has 0 aliphatic rings. The number of hydrogen-bond acceptors (Lipinski definition) is 2. The molecule has 0 bridgehead atoms. The fourth-order valence-electron chi connectivity index (χ4n) is 0.916. The Morgan fingerprint density at radius 1 is 1.50 bits per heavy atom. The third-order valence-electron chi connectivity index (χ3n) is 1.45. The van der Waals surface area contributed by atoms with Gasteiger partial charge in [-0.05, 0) is 27.1 Å². The van der Waals surface area contributed by atoms with Crippen LogP contribution < -0.4 is 0 Å². The van der Waals surface area contributed by atoms with Crippen LogP contribution in [0.1, 0.15) is 11.3 Å². The van der Waals surface area contributed by atoms with Crippen molar-refractivity contribution in [2.75, 3.05) is 14.1 Å². The summed E-state index contributed by atoms with van der Waals surface area (Å²) >= 11 is 0. The van der Waals surface area contributed by atoms with Gasteiger partial charge in [-0.1, -0.05) is 0 Å². The van der Waals surface area contributed by atoms with Crippen LogP contribution in [0.15, 0.2) is 16.7 Å². The molecule has 1 aromatic rings. The fraction of sp³-hybridized carbons (Fsp3) is 0.500. The van der Waals surface area contributed by atoms with Crippen LogP contribution in [0.3, 0.4) is 0 Å². The van der Waals surface area contributed by atoms with E-state index in [4.69, 9.17) is 4.42 Å². The largest absolute Gasteiger partial charge is 0.469 e. The third kappa shape index (κ3) is 1.61. The monoisotopic (exact) mass is 139 g/mol. The van der Waals surface area contributed by atoms with E-state index in [9.17, 15) is 0 Å². The second-order valence-electron chi connectivity index (χ2n) is 2.74. The van der Waals surface area contributed by atoms with Crippen molar-refractivity contribution >= 4 is 0 Å². The van der Waals surface area contributed by atoms with E-state index < -0.39 is 0 Å². The molecule has 0 fully saturated rings. The van der Waals surface area contributed by atoms with Crippen molar-refractivity contribution in [3.63, 3.8) is 0 Å². The molecule has 0 radical (unpaired) electrons. The molecule has 1 rings (SSSR count). The topological polar surface area (TPSA) is 16.4 Å². The van der Waals surface area contributed by atoms with Gasteiger partial charge in [0.25, 0.3) is 0 Å². The molecule has 2 nitrogen and oxygen atoms in total. The molecule has 0 aliphatic carbocycles. The Hall–Kier alpha value is -0.760. The first-order chi connectivity index (χ1) is 4.70. The molecular weight excluding hydrogens is 126 g/mol. The van der Waals surface area contributed by atoms with E-state index in [2.05, 4.69) is 4.90 Å². The quantitative estimate of drug-likeness (QED) is 0.619. The predicted molar refractivity (Wildman–Crippen MR) is 40.8 cm³/mol. The first-order valence-electron chi connectivity index (χ1n) is 3.38. The van der Waals surface area contributed by atoms with Crippen LogP contribution in [0, 0.1) is 6.92 Å². The standard InChI is InChI=1S/C8H13NO/c1-7-8(4-5-10-7)6-9(2)3/h4-5H,6H2,1-3H3. The van der Waals surface area contributed by atoms with E-state index in [0.717, 1.165) is 12.3 Å².